The highest BCUT2D eigenvalue weighted by atomic mass is 16.6. The Labute approximate surface area is 115 Å². The Morgan fingerprint density at radius 1 is 1.40 bits per heavy atom. The molecule has 0 aliphatic carbocycles. The van der Waals surface area contributed by atoms with Crippen LogP contribution in [0.1, 0.15) is 5.56 Å². The summed E-state index contributed by atoms with van der Waals surface area (Å²) in [5.74, 6) is -0.442. The molecule has 2 rings (SSSR count). The maximum absolute atomic E-state index is 12.0. The van der Waals surface area contributed by atoms with Crippen LogP contribution in [0, 0.1) is 10.1 Å². The van der Waals surface area contributed by atoms with Gasteiger partial charge in [0.25, 0.3) is 6.04 Å². The van der Waals surface area contributed by atoms with Crippen LogP contribution in [0.15, 0.2) is 30.3 Å². The lowest BCUT2D eigenvalue weighted by Crippen LogP contribution is -2.50. The maximum atomic E-state index is 12.0. The predicted octanol–water partition coefficient (Wildman–Crippen LogP) is -0.603. The van der Waals surface area contributed by atoms with Gasteiger partial charge in [0, 0.05) is 18.6 Å². The van der Waals surface area contributed by atoms with Gasteiger partial charge in [0.2, 0.25) is 5.91 Å². The average molecular weight is 280 g/mol. The van der Waals surface area contributed by atoms with Crippen LogP contribution in [0.2, 0.25) is 0 Å². The van der Waals surface area contributed by atoms with E-state index in [0.717, 1.165) is 5.56 Å². The Balaban J connectivity index is 1.96. The van der Waals surface area contributed by atoms with Gasteiger partial charge in [-0.1, -0.05) is 30.3 Å². The highest BCUT2D eigenvalue weighted by Crippen LogP contribution is 2.11. The molecule has 0 aromatic heterocycles. The van der Waals surface area contributed by atoms with Crippen LogP contribution in [0.25, 0.3) is 0 Å². The smallest absolute Gasteiger partial charge is 0.278 e. The lowest BCUT2D eigenvalue weighted by atomic mass is 10.1. The molecule has 0 radical (unpaired) electrons. The number of hydrazine groups is 1. The zero-order valence-electron chi connectivity index (χ0n) is 10.9. The van der Waals surface area contributed by atoms with Gasteiger partial charge >= 0.3 is 0 Å². The summed E-state index contributed by atoms with van der Waals surface area (Å²) in [6, 6.07) is 7.18. The molecule has 0 spiro atoms. The molecule has 3 N–H and O–H groups in total. The molecule has 3 unspecified atom stereocenters. The first-order valence-corrected chi connectivity index (χ1v) is 6.12. The molecule has 1 saturated heterocycles. The summed E-state index contributed by atoms with van der Waals surface area (Å²) in [7, 11) is 1.35. The largest absolute Gasteiger partial charge is 0.358 e. The summed E-state index contributed by atoms with van der Waals surface area (Å²) in [6.07, 6.45) is -0.836. The molecular formula is C12H16N4O4. The number of methoxy groups -OCH3 is 1. The lowest BCUT2D eigenvalue weighted by Gasteiger charge is -2.14. The van der Waals surface area contributed by atoms with Crippen molar-refractivity contribution in [3.8, 4) is 0 Å². The average Bonchev–Trinajstić information content (AvgIpc) is 2.90. The molecule has 8 nitrogen and oxygen atoms in total. The molecule has 1 heterocycles. The van der Waals surface area contributed by atoms with Gasteiger partial charge in [-0.05, 0) is 5.56 Å². The summed E-state index contributed by atoms with van der Waals surface area (Å²) < 4.78 is 4.93. The summed E-state index contributed by atoms with van der Waals surface area (Å²) in [5, 5.41) is 13.7. The second-order valence-electron chi connectivity index (χ2n) is 4.40. The van der Waals surface area contributed by atoms with E-state index in [0.29, 0.717) is 6.54 Å². The van der Waals surface area contributed by atoms with Crippen molar-refractivity contribution in [2.75, 3.05) is 7.11 Å². The molecule has 1 fully saturated rings. The van der Waals surface area contributed by atoms with Crippen LogP contribution in [-0.2, 0) is 16.1 Å². The normalized spacial score (nSPS) is 25.4. The van der Waals surface area contributed by atoms with E-state index in [1.807, 2.05) is 30.3 Å². The molecule has 0 saturated carbocycles. The van der Waals surface area contributed by atoms with Crippen LogP contribution in [-0.4, -0.2) is 36.3 Å². The summed E-state index contributed by atoms with van der Waals surface area (Å²) >= 11 is 0. The first kappa shape index (κ1) is 14.4. The van der Waals surface area contributed by atoms with Gasteiger partial charge in [0.15, 0.2) is 12.3 Å². The Kier molecular flexibility index (Phi) is 4.61. The van der Waals surface area contributed by atoms with Crippen LogP contribution >= 0.6 is 0 Å². The van der Waals surface area contributed by atoms with Crippen LogP contribution in [0.5, 0.6) is 0 Å². The molecule has 1 aromatic rings. The van der Waals surface area contributed by atoms with E-state index in [1.165, 1.54) is 7.11 Å². The maximum Gasteiger partial charge on any atom is 0.278 e. The topological polar surface area (TPSA) is 106 Å². The number of benzene rings is 1. The highest BCUT2D eigenvalue weighted by Gasteiger charge is 2.49. The van der Waals surface area contributed by atoms with Gasteiger partial charge in [-0.2, -0.15) is 0 Å². The predicted molar refractivity (Wildman–Crippen MR) is 69.9 cm³/mol. The van der Waals surface area contributed by atoms with Crippen molar-refractivity contribution in [2.24, 2.45) is 0 Å². The zero-order chi connectivity index (χ0) is 14.5. The van der Waals surface area contributed by atoms with Crippen molar-refractivity contribution in [3.63, 3.8) is 0 Å². The number of hydrogen-bond donors (Lipinski definition) is 3. The first-order valence-electron chi connectivity index (χ1n) is 6.12. The number of carbonyl (C=O) groups excluding carboxylic acids is 1. The standard InChI is InChI=1S/C12H16N4O4/c1-20-12-10(16(18)19)9(14-15-12)11(17)13-7-8-5-3-2-4-6-8/h2-6,9-10,12,14-15H,7H2,1H3,(H,13,17). The fourth-order valence-electron chi connectivity index (χ4n) is 2.06. The van der Waals surface area contributed by atoms with Crippen molar-refractivity contribution in [2.45, 2.75) is 24.9 Å². The van der Waals surface area contributed by atoms with Crippen molar-refractivity contribution in [1.82, 2.24) is 16.2 Å². The second kappa shape index (κ2) is 6.42. The quantitative estimate of drug-likeness (QED) is 0.491. The van der Waals surface area contributed by atoms with Crippen molar-refractivity contribution in [1.29, 1.82) is 0 Å². The molecule has 1 amide bonds. The molecule has 20 heavy (non-hydrogen) atoms. The van der Waals surface area contributed by atoms with E-state index in [-0.39, 0.29) is 0 Å². The summed E-state index contributed by atoms with van der Waals surface area (Å²) in [5.41, 5.74) is 6.11. The van der Waals surface area contributed by atoms with Gasteiger partial charge in [-0.15, -0.1) is 0 Å². The number of rotatable bonds is 5. The summed E-state index contributed by atoms with van der Waals surface area (Å²) in [4.78, 5) is 22.5. The third-order valence-electron chi connectivity index (χ3n) is 3.12. The number of nitro groups is 1. The molecule has 1 aromatic carbocycles. The summed E-state index contributed by atoms with van der Waals surface area (Å²) in [6.45, 7) is 0.319. The minimum atomic E-state index is -1.17. The number of carbonyl (C=O) groups is 1. The first-order chi connectivity index (χ1) is 9.63. The van der Waals surface area contributed by atoms with Gasteiger partial charge in [-0.3, -0.25) is 14.9 Å². The van der Waals surface area contributed by atoms with E-state index >= 15 is 0 Å². The van der Waals surface area contributed by atoms with E-state index < -0.39 is 29.1 Å². The number of ether oxygens (including phenoxy) is 1. The van der Waals surface area contributed by atoms with Crippen molar-refractivity contribution in [3.05, 3.63) is 46.0 Å². The number of nitrogens with one attached hydrogen (secondary N) is 3. The van der Waals surface area contributed by atoms with E-state index in [1.54, 1.807) is 0 Å². The van der Waals surface area contributed by atoms with Crippen LogP contribution in [0.4, 0.5) is 0 Å². The number of amides is 1. The van der Waals surface area contributed by atoms with Crippen molar-refractivity contribution < 1.29 is 14.5 Å². The molecule has 8 heteroatoms. The van der Waals surface area contributed by atoms with Gasteiger partial charge in [-0.25, -0.2) is 10.9 Å². The SMILES string of the molecule is COC1NNC(C(=O)NCc2ccccc2)C1[N+](=O)[O-]. The van der Waals surface area contributed by atoms with E-state index in [2.05, 4.69) is 16.2 Å². The van der Waals surface area contributed by atoms with E-state index in [4.69, 9.17) is 4.74 Å². The second-order valence-corrected chi connectivity index (χ2v) is 4.40. The highest BCUT2D eigenvalue weighted by molar-refractivity contribution is 5.82. The minimum Gasteiger partial charge on any atom is -0.358 e. The molecule has 3 atom stereocenters. The molecular weight excluding hydrogens is 264 g/mol. The van der Waals surface area contributed by atoms with Crippen LogP contribution in [0.3, 0.4) is 0 Å². The Morgan fingerprint density at radius 3 is 2.70 bits per heavy atom. The number of nitrogens with zero attached hydrogens (tertiary/aromatic N) is 1. The monoisotopic (exact) mass is 280 g/mol. The zero-order valence-corrected chi connectivity index (χ0v) is 10.9. The molecule has 108 valence electrons. The fraction of sp³-hybridized carbons (Fsp3) is 0.417. The molecule has 1 aliphatic heterocycles. The van der Waals surface area contributed by atoms with Crippen molar-refractivity contribution >= 4 is 5.91 Å². The minimum absolute atomic E-state index is 0.319. The van der Waals surface area contributed by atoms with Gasteiger partial charge < -0.3 is 10.1 Å². The molecule has 0 bridgehead atoms. The van der Waals surface area contributed by atoms with E-state index in [9.17, 15) is 14.9 Å². The Hall–Kier alpha value is -2.03. The van der Waals surface area contributed by atoms with Crippen LogP contribution < -0.4 is 16.2 Å². The lowest BCUT2D eigenvalue weighted by molar-refractivity contribution is -0.532. The number of hydrogen-bond acceptors (Lipinski definition) is 6. The van der Waals surface area contributed by atoms with Gasteiger partial charge in [0.1, 0.15) is 0 Å². The Bertz CT molecular complexity index is 482. The van der Waals surface area contributed by atoms with Gasteiger partial charge in [0.05, 0.1) is 0 Å². The molecule has 1 aliphatic rings. The Morgan fingerprint density at radius 2 is 2.10 bits per heavy atom. The third-order valence-corrected chi connectivity index (χ3v) is 3.12. The fourth-order valence-corrected chi connectivity index (χ4v) is 2.06. The third kappa shape index (κ3) is 3.10.